The second kappa shape index (κ2) is 5.45. The Morgan fingerprint density at radius 2 is 1.88 bits per heavy atom. The Morgan fingerprint density at radius 1 is 1.24 bits per heavy atom. The van der Waals surface area contributed by atoms with E-state index in [0.717, 1.165) is 12.3 Å². The van der Waals surface area contributed by atoms with Gasteiger partial charge in [0.25, 0.3) is 0 Å². The Hall–Kier alpha value is -0.470. The lowest BCUT2D eigenvalue weighted by atomic mass is 9.85. The van der Waals surface area contributed by atoms with Crippen molar-refractivity contribution in [1.29, 1.82) is 0 Å². The van der Waals surface area contributed by atoms with Crippen LogP contribution in [0.3, 0.4) is 0 Å². The van der Waals surface area contributed by atoms with Gasteiger partial charge in [-0.25, -0.2) is 0 Å². The molecule has 1 aromatic rings. The lowest BCUT2D eigenvalue weighted by Gasteiger charge is -2.27. The van der Waals surface area contributed by atoms with Gasteiger partial charge >= 0.3 is 0 Å². The van der Waals surface area contributed by atoms with Crippen LogP contribution >= 0.6 is 11.8 Å². The van der Waals surface area contributed by atoms with Gasteiger partial charge in [0.2, 0.25) is 0 Å². The minimum atomic E-state index is -0.112. The van der Waals surface area contributed by atoms with Crippen molar-refractivity contribution in [3.05, 3.63) is 35.4 Å². The van der Waals surface area contributed by atoms with Gasteiger partial charge in [-0.2, -0.15) is 11.8 Å². The molecular formula is C15H23NS. The molecule has 1 aliphatic rings. The van der Waals surface area contributed by atoms with E-state index in [1.165, 1.54) is 29.9 Å². The molecule has 2 heteroatoms. The molecule has 0 radical (unpaired) electrons. The molecule has 0 saturated carbocycles. The maximum absolute atomic E-state index is 6.16. The second-order valence-corrected chi connectivity index (χ2v) is 6.98. The first-order chi connectivity index (χ1) is 8.06. The summed E-state index contributed by atoms with van der Waals surface area (Å²) in [6, 6.07) is 8.87. The number of thioether (sulfide) groups is 1. The Balaban J connectivity index is 2.20. The monoisotopic (exact) mass is 249 g/mol. The first-order valence-electron chi connectivity index (χ1n) is 6.51. The molecule has 94 valence electrons. The van der Waals surface area contributed by atoms with E-state index in [0.29, 0.717) is 0 Å². The van der Waals surface area contributed by atoms with E-state index in [4.69, 9.17) is 5.73 Å². The van der Waals surface area contributed by atoms with Crippen LogP contribution in [0.25, 0.3) is 0 Å². The highest BCUT2D eigenvalue weighted by atomic mass is 32.2. The van der Waals surface area contributed by atoms with Crippen molar-refractivity contribution >= 4 is 11.8 Å². The fraction of sp³-hybridized carbons (Fsp3) is 0.600. The van der Waals surface area contributed by atoms with Gasteiger partial charge in [0.05, 0.1) is 0 Å². The summed E-state index contributed by atoms with van der Waals surface area (Å²) in [7, 11) is 0. The van der Waals surface area contributed by atoms with Crippen molar-refractivity contribution in [1.82, 2.24) is 0 Å². The van der Waals surface area contributed by atoms with Crippen molar-refractivity contribution in [3.63, 3.8) is 0 Å². The highest BCUT2D eigenvalue weighted by molar-refractivity contribution is 7.99. The zero-order valence-corrected chi connectivity index (χ0v) is 11.7. The SMILES string of the molecule is CC(C)(N)Cc1ccccc1C1CCSCC1. The summed E-state index contributed by atoms with van der Waals surface area (Å²) in [6.45, 7) is 4.22. The smallest absolute Gasteiger partial charge is 0.0138 e. The van der Waals surface area contributed by atoms with Crippen LogP contribution in [-0.2, 0) is 6.42 Å². The Bertz CT molecular complexity index is 361. The summed E-state index contributed by atoms with van der Waals surface area (Å²) in [5.41, 5.74) is 9.05. The second-order valence-electron chi connectivity index (χ2n) is 5.75. The van der Waals surface area contributed by atoms with Gasteiger partial charge in [-0.3, -0.25) is 0 Å². The van der Waals surface area contributed by atoms with Crippen LogP contribution in [0.15, 0.2) is 24.3 Å². The maximum atomic E-state index is 6.16. The van der Waals surface area contributed by atoms with Crippen LogP contribution < -0.4 is 5.73 Å². The molecule has 17 heavy (non-hydrogen) atoms. The van der Waals surface area contributed by atoms with E-state index in [2.05, 4.69) is 49.9 Å². The minimum Gasteiger partial charge on any atom is -0.325 e. The third kappa shape index (κ3) is 3.75. The first-order valence-corrected chi connectivity index (χ1v) is 7.66. The van der Waals surface area contributed by atoms with Crippen LogP contribution in [0.4, 0.5) is 0 Å². The number of rotatable bonds is 3. The van der Waals surface area contributed by atoms with Crippen LogP contribution in [0.5, 0.6) is 0 Å². The van der Waals surface area contributed by atoms with Gasteiger partial charge in [0, 0.05) is 5.54 Å². The quantitative estimate of drug-likeness (QED) is 0.886. The van der Waals surface area contributed by atoms with E-state index in [1.54, 1.807) is 5.56 Å². The zero-order valence-electron chi connectivity index (χ0n) is 10.9. The summed E-state index contributed by atoms with van der Waals surface area (Å²) >= 11 is 2.09. The van der Waals surface area contributed by atoms with Crippen LogP contribution in [0.1, 0.15) is 43.7 Å². The van der Waals surface area contributed by atoms with E-state index < -0.39 is 0 Å². The predicted molar refractivity (Wildman–Crippen MR) is 77.7 cm³/mol. The molecule has 0 atom stereocenters. The Morgan fingerprint density at radius 3 is 2.53 bits per heavy atom. The van der Waals surface area contributed by atoms with Crippen LogP contribution in [0, 0.1) is 0 Å². The Labute approximate surface area is 109 Å². The molecule has 1 nitrogen and oxygen atoms in total. The highest BCUT2D eigenvalue weighted by Gasteiger charge is 2.20. The Kier molecular flexibility index (Phi) is 4.16. The number of hydrogen-bond donors (Lipinski definition) is 1. The lowest BCUT2D eigenvalue weighted by molar-refractivity contribution is 0.509. The molecule has 0 aliphatic carbocycles. The molecule has 2 rings (SSSR count). The van der Waals surface area contributed by atoms with E-state index >= 15 is 0 Å². The predicted octanol–water partition coefficient (Wildman–Crippen LogP) is 3.58. The van der Waals surface area contributed by atoms with E-state index in [-0.39, 0.29) is 5.54 Å². The molecule has 0 unspecified atom stereocenters. The normalized spacial score (nSPS) is 18.3. The van der Waals surface area contributed by atoms with Crippen molar-refractivity contribution < 1.29 is 0 Å². The molecule has 1 heterocycles. The van der Waals surface area contributed by atoms with Gasteiger partial charge in [-0.15, -0.1) is 0 Å². The van der Waals surface area contributed by atoms with Gasteiger partial charge < -0.3 is 5.73 Å². The molecule has 1 fully saturated rings. The molecule has 1 aliphatic heterocycles. The molecule has 0 bridgehead atoms. The van der Waals surface area contributed by atoms with E-state index in [1.807, 2.05) is 0 Å². The van der Waals surface area contributed by atoms with Gasteiger partial charge in [-0.05, 0) is 61.7 Å². The van der Waals surface area contributed by atoms with Crippen LogP contribution in [0.2, 0.25) is 0 Å². The summed E-state index contributed by atoms with van der Waals surface area (Å²) in [6.07, 6.45) is 3.63. The zero-order chi connectivity index (χ0) is 12.3. The summed E-state index contributed by atoms with van der Waals surface area (Å²) < 4.78 is 0. The highest BCUT2D eigenvalue weighted by Crippen LogP contribution is 2.34. The van der Waals surface area contributed by atoms with Crippen molar-refractivity contribution in [2.24, 2.45) is 5.73 Å². The largest absolute Gasteiger partial charge is 0.325 e. The molecule has 0 amide bonds. The fourth-order valence-electron chi connectivity index (χ4n) is 2.59. The third-order valence-corrected chi connectivity index (χ3v) is 4.41. The molecule has 2 N–H and O–H groups in total. The molecule has 1 saturated heterocycles. The third-order valence-electron chi connectivity index (χ3n) is 3.36. The van der Waals surface area contributed by atoms with E-state index in [9.17, 15) is 0 Å². The fourth-order valence-corrected chi connectivity index (χ4v) is 3.70. The summed E-state index contributed by atoms with van der Waals surface area (Å²) in [5.74, 6) is 3.38. The lowest BCUT2D eigenvalue weighted by Crippen LogP contribution is -2.35. The standard InChI is InChI=1S/C15H23NS/c1-15(2,16)11-13-5-3-4-6-14(13)12-7-9-17-10-8-12/h3-6,12H,7-11,16H2,1-2H3. The van der Waals surface area contributed by atoms with Crippen molar-refractivity contribution in [2.75, 3.05) is 11.5 Å². The summed E-state index contributed by atoms with van der Waals surface area (Å²) in [5, 5.41) is 0. The number of hydrogen-bond acceptors (Lipinski definition) is 2. The summed E-state index contributed by atoms with van der Waals surface area (Å²) in [4.78, 5) is 0. The topological polar surface area (TPSA) is 26.0 Å². The average molecular weight is 249 g/mol. The molecule has 1 aromatic carbocycles. The van der Waals surface area contributed by atoms with Crippen molar-refractivity contribution in [3.8, 4) is 0 Å². The number of nitrogens with two attached hydrogens (primary N) is 1. The molecule has 0 spiro atoms. The van der Waals surface area contributed by atoms with Gasteiger partial charge in [-0.1, -0.05) is 24.3 Å². The first kappa shape index (κ1) is 13.0. The molecular weight excluding hydrogens is 226 g/mol. The van der Waals surface area contributed by atoms with Crippen molar-refractivity contribution in [2.45, 2.75) is 44.6 Å². The van der Waals surface area contributed by atoms with Gasteiger partial charge in [0.15, 0.2) is 0 Å². The van der Waals surface area contributed by atoms with Gasteiger partial charge in [0.1, 0.15) is 0 Å². The van der Waals surface area contributed by atoms with Crippen LogP contribution in [-0.4, -0.2) is 17.0 Å². The minimum absolute atomic E-state index is 0.112. The molecule has 0 aromatic heterocycles. The number of benzene rings is 1. The maximum Gasteiger partial charge on any atom is 0.0138 e. The average Bonchev–Trinajstić information content (AvgIpc) is 2.29.